The van der Waals surface area contributed by atoms with Crippen molar-refractivity contribution in [2.24, 2.45) is 5.73 Å². The first-order valence-corrected chi connectivity index (χ1v) is 13.3. The molecule has 33 heavy (non-hydrogen) atoms. The Kier molecular flexibility index (Phi) is 6.77. The van der Waals surface area contributed by atoms with Crippen LogP contribution in [-0.4, -0.2) is 26.5 Å². The lowest BCUT2D eigenvalue weighted by Gasteiger charge is -2.25. The molecule has 3 aromatic rings. The number of rotatable bonds is 8. The van der Waals surface area contributed by atoms with Crippen LogP contribution < -0.4 is 15.2 Å². The summed E-state index contributed by atoms with van der Waals surface area (Å²) in [6.45, 7) is 0. The van der Waals surface area contributed by atoms with Gasteiger partial charge >= 0.3 is 0 Å². The van der Waals surface area contributed by atoms with E-state index in [0.29, 0.717) is 20.3 Å². The molecule has 0 bridgehead atoms. The number of halogens is 3. The smallest absolute Gasteiger partial charge is 0.298 e. The van der Waals surface area contributed by atoms with Gasteiger partial charge in [0.15, 0.2) is 6.04 Å². The molecular formula is C22H21BrF2N2O4S2. The lowest BCUT2D eigenvalue weighted by molar-refractivity contribution is -0.130. The maximum Gasteiger partial charge on any atom is 0.298 e. The van der Waals surface area contributed by atoms with Crippen molar-refractivity contribution in [2.45, 2.75) is 48.0 Å². The maximum atomic E-state index is 15.0. The SMILES string of the molecule is NC(=O)[C@H](NS(=O)(=O)c1cc2ccc(OC3CCCC3)cc2s1)C(F)(F)c1ccc(Br)cc1. The molecule has 0 radical (unpaired) electrons. The number of alkyl halides is 2. The number of nitrogens with two attached hydrogens (primary N) is 1. The van der Waals surface area contributed by atoms with Crippen molar-refractivity contribution in [1.29, 1.82) is 0 Å². The number of hydrogen-bond acceptors (Lipinski definition) is 5. The zero-order chi connectivity index (χ0) is 23.8. The van der Waals surface area contributed by atoms with Crippen LogP contribution in [0.3, 0.4) is 0 Å². The van der Waals surface area contributed by atoms with Gasteiger partial charge in [0.05, 0.1) is 6.10 Å². The Morgan fingerprint density at radius 2 is 1.82 bits per heavy atom. The summed E-state index contributed by atoms with van der Waals surface area (Å²) in [6.07, 6.45) is 4.34. The molecule has 0 spiro atoms. The molecule has 1 aliphatic carbocycles. The number of fused-ring (bicyclic) bond motifs is 1. The molecule has 2 aromatic carbocycles. The third-order valence-corrected chi connectivity index (χ3v) is 9.01. The van der Waals surface area contributed by atoms with E-state index in [4.69, 9.17) is 10.5 Å². The van der Waals surface area contributed by atoms with Crippen LogP contribution in [0.25, 0.3) is 10.1 Å². The van der Waals surface area contributed by atoms with E-state index in [0.717, 1.165) is 49.2 Å². The second kappa shape index (κ2) is 9.28. The van der Waals surface area contributed by atoms with E-state index in [-0.39, 0.29) is 10.3 Å². The molecule has 6 nitrogen and oxygen atoms in total. The number of amides is 1. The fourth-order valence-corrected chi connectivity index (χ4v) is 6.67. The summed E-state index contributed by atoms with van der Waals surface area (Å²) in [5.41, 5.74) is 4.64. The normalized spacial score (nSPS) is 16.2. The molecule has 1 amide bonds. The molecule has 1 aliphatic rings. The predicted octanol–water partition coefficient (Wildman–Crippen LogP) is 4.91. The second-order valence-corrected chi connectivity index (χ2v) is 11.8. The van der Waals surface area contributed by atoms with Gasteiger partial charge in [-0.2, -0.15) is 13.5 Å². The Bertz CT molecular complexity index is 1270. The predicted molar refractivity (Wildman–Crippen MR) is 126 cm³/mol. The van der Waals surface area contributed by atoms with Crippen molar-refractivity contribution in [2.75, 3.05) is 0 Å². The first kappa shape index (κ1) is 24.1. The van der Waals surface area contributed by atoms with Gasteiger partial charge in [-0.15, -0.1) is 11.3 Å². The summed E-state index contributed by atoms with van der Waals surface area (Å²) in [6, 6.07) is 9.05. The van der Waals surface area contributed by atoms with E-state index in [1.807, 2.05) is 4.72 Å². The Hall–Kier alpha value is -2.08. The highest BCUT2D eigenvalue weighted by Crippen LogP contribution is 2.36. The number of nitrogens with one attached hydrogen (secondary N) is 1. The highest BCUT2D eigenvalue weighted by Gasteiger charge is 2.47. The molecule has 176 valence electrons. The molecule has 4 rings (SSSR count). The lowest BCUT2D eigenvalue weighted by atomic mass is 10.0. The van der Waals surface area contributed by atoms with Gasteiger partial charge in [-0.1, -0.05) is 28.1 Å². The minimum absolute atomic E-state index is 0.143. The quantitative estimate of drug-likeness (QED) is 0.410. The van der Waals surface area contributed by atoms with Crippen molar-refractivity contribution < 1.29 is 26.7 Å². The van der Waals surface area contributed by atoms with Crippen LogP contribution in [0.4, 0.5) is 8.78 Å². The summed E-state index contributed by atoms with van der Waals surface area (Å²) in [5.74, 6) is -4.72. The zero-order valence-corrected chi connectivity index (χ0v) is 20.5. The number of hydrogen-bond donors (Lipinski definition) is 2. The van der Waals surface area contributed by atoms with E-state index in [2.05, 4.69) is 15.9 Å². The zero-order valence-electron chi connectivity index (χ0n) is 17.3. The number of primary amides is 1. The largest absolute Gasteiger partial charge is 0.490 e. The van der Waals surface area contributed by atoms with Crippen molar-refractivity contribution in [3.63, 3.8) is 0 Å². The fourth-order valence-electron chi connectivity index (χ4n) is 3.75. The van der Waals surface area contributed by atoms with Gasteiger partial charge < -0.3 is 10.5 Å². The van der Waals surface area contributed by atoms with Crippen LogP contribution in [0.1, 0.15) is 31.2 Å². The second-order valence-electron chi connectivity index (χ2n) is 7.88. The van der Waals surface area contributed by atoms with Crippen LogP contribution in [0.5, 0.6) is 5.75 Å². The van der Waals surface area contributed by atoms with E-state index in [9.17, 15) is 13.2 Å². The Morgan fingerprint density at radius 3 is 2.45 bits per heavy atom. The summed E-state index contributed by atoms with van der Waals surface area (Å²) >= 11 is 4.05. The summed E-state index contributed by atoms with van der Waals surface area (Å²) < 4.78 is 64.7. The van der Waals surface area contributed by atoms with Crippen LogP contribution in [-0.2, 0) is 20.7 Å². The van der Waals surface area contributed by atoms with Crippen molar-refractivity contribution in [3.05, 3.63) is 58.6 Å². The molecule has 1 aromatic heterocycles. The summed E-state index contributed by atoms with van der Waals surface area (Å²) in [4.78, 5) is 11.9. The average molecular weight is 559 g/mol. The van der Waals surface area contributed by atoms with Gasteiger partial charge in [0.2, 0.25) is 5.91 Å². The number of carbonyl (C=O) groups is 1. The van der Waals surface area contributed by atoms with E-state index in [1.165, 1.54) is 18.2 Å². The minimum atomic E-state index is -4.46. The van der Waals surface area contributed by atoms with Gasteiger partial charge in [0.1, 0.15) is 9.96 Å². The maximum absolute atomic E-state index is 15.0. The van der Waals surface area contributed by atoms with Crippen molar-refractivity contribution in [1.82, 2.24) is 4.72 Å². The van der Waals surface area contributed by atoms with Crippen molar-refractivity contribution in [3.8, 4) is 5.75 Å². The Labute approximate surface area is 202 Å². The van der Waals surface area contributed by atoms with E-state index >= 15 is 8.78 Å². The van der Waals surface area contributed by atoms with Gasteiger partial charge in [0, 0.05) is 14.7 Å². The number of thiophene rings is 1. The number of benzene rings is 2. The highest BCUT2D eigenvalue weighted by atomic mass is 79.9. The van der Waals surface area contributed by atoms with Crippen LogP contribution >= 0.6 is 27.3 Å². The van der Waals surface area contributed by atoms with Crippen LogP contribution in [0, 0.1) is 0 Å². The lowest BCUT2D eigenvalue weighted by Crippen LogP contribution is -2.53. The minimum Gasteiger partial charge on any atom is -0.490 e. The number of sulfonamides is 1. The fraction of sp³-hybridized carbons (Fsp3) is 0.318. The van der Waals surface area contributed by atoms with E-state index in [1.54, 1.807) is 18.2 Å². The topological polar surface area (TPSA) is 98.5 Å². The molecule has 1 heterocycles. The molecule has 0 aliphatic heterocycles. The Balaban J connectivity index is 1.60. The highest BCUT2D eigenvalue weighted by molar-refractivity contribution is 9.10. The number of ether oxygens (including phenoxy) is 1. The first-order chi connectivity index (χ1) is 15.6. The van der Waals surface area contributed by atoms with Crippen LogP contribution in [0.2, 0.25) is 0 Å². The standard InChI is InChI=1S/C22H21BrF2N2O4S2/c23-15-8-6-14(7-9-15)22(24,25)20(21(26)28)27-33(29,30)19-11-13-5-10-17(12-18(13)32-19)31-16-3-1-2-4-16/h5-12,16,20,27H,1-4H2,(H2,26,28)/t20-/m0/s1. The van der Waals surface area contributed by atoms with Gasteiger partial charge in [-0.05, 0) is 67.5 Å². The molecule has 11 heteroatoms. The number of carbonyl (C=O) groups excluding carboxylic acids is 1. The molecule has 3 N–H and O–H groups in total. The monoisotopic (exact) mass is 558 g/mol. The third kappa shape index (κ3) is 5.21. The summed E-state index contributed by atoms with van der Waals surface area (Å²) in [7, 11) is -4.46. The van der Waals surface area contributed by atoms with Gasteiger partial charge in [-0.25, -0.2) is 8.42 Å². The third-order valence-electron chi connectivity index (χ3n) is 5.49. The molecule has 1 atom stereocenters. The van der Waals surface area contributed by atoms with Gasteiger partial charge in [-0.3, -0.25) is 4.79 Å². The van der Waals surface area contributed by atoms with E-state index < -0.39 is 33.5 Å². The molecule has 0 saturated heterocycles. The Morgan fingerprint density at radius 1 is 1.15 bits per heavy atom. The summed E-state index contributed by atoms with van der Waals surface area (Å²) in [5, 5.41) is 0.620. The van der Waals surface area contributed by atoms with Crippen molar-refractivity contribution >= 4 is 53.3 Å². The van der Waals surface area contributed by atoms with Gasteiger partial charge in [0.25, 0.3) is 15.9 Å². The molecule has 1 fully saturated rings. The average Bonchev–Trinajstić information content (AvgIpc) is 3.42. The van der Waals surface area contributed by atoms with Crippen LogP contribution in [0.15, 0.2) is 57.2 Å². The first-order valence-electron chi connectivity index (χ1n) is 10.2. The molecule has 1 saturated carbocycles. The molecule has 0 unspecified atom stereocenters. The molecular weight excluding hydrogens is 538 g/mol.